The van der Waals surface area contributed by atoms with Crippen molar-refractivity contribution in [1.29, 1.82) is 5.26 Å². The number of hydrogen-bond acceptors (Lipinski definition) is 7. The fourth-order valence-corrected chi connectivity index (χ4v) is 5.69. The predicted octanol–water partition coefficient (Wildman–Crippen LogP) is 4.43. The molecule has 0 amide bonds. The van der Waals surface area contributed by atoms with E-state index >= 15 is 0 Å². The third-order valence-corrected chi connectivity index (χ3v) is 7.65. The lowest BCUT2D eigenvalue weighted by atomic mass is 9.60. The normalized spacial score (nSPS) is 17.8. The Labute approximate surface area is 215 Å². The van der Waals surface area contributed by atoms with Crippen LogP contribution in [0, 0.1) is 23.7 Å². The summed E-state index contributed by atoms with van der Waals surface area (Å²) in [6, 6.07) is 10.3. The van der Waals surface area contributed by atoms with E-state index in [4.69, 9.17) is 4.74 Å². The third kappa shape index (κ3) is 4.10. The summed E-state index contributed by atoms with van der Waals surface area (Å²) in [4.78, 5) is 4.41. The van der Waals surface area contributed by atoms with Gasteiger partial charge in [0.05, 0.1) is 23.6 Å². The molecule has 0 aromatic carbocycles. The number of hydrogen-bond donors (Lipinski definition) is 1. The van der Waals surface area contributed by atoms with Gasteiger partial charge < -0.3 is 10.1 Å². The Bertz CT molecular complexity index is 1410. The van der Waals surface area contributed by atoms with E-state index in [9.17, 15) is 5.26 Å². The number of halogens is 1. The average Bonchev–Trinajstić information content (AvgIpc) is 3.46. The van der Waals surface area contributed by atoms with Gasteiger partial charge in [-0.05, 0) is 76.2 Å². The molecule has 2 fully saturated rings. The molecule has 1 spiro atoms. The lowest BCUT2D eigenvalue weighted by molar-refractivity contribution is 0.0212. The number of nitrogens with zero attached hydrogens (tertiary/aromatic N) is 7. The van der Waals surface area contributed by atoms with Gasteiger partial charge in [-0.25, -0.2) is 9.20 Å². The summed E-state index contributed by atoms with van der Waals surface area (Å²) in [6.45, 7) is 6.25. The maximum Gasteiger partial charge on any atom is 0.148 e. The van der Waals surface area contributed by atoms with E-state index in [0.29, 0.717) is 28.3 Å². The summed E-state index contributed by atoms with van der Waals surface area (Å²) in [6.07, 6.45) is 9.73. The second kappa shape index (κ2) is 9.52. The number of aromatic nitrogens is 6. The number of rotatable bonds is 5. The van der Waals surface area contributed by atoms with E-state index in [-0.39, 0.29) is 18.5 Å². The minimum Gasteiger partial charge on any atom is -0.482 e. The molecule has 1 atom stereocenters. The van der Waals surface area contributed by atoms with Gasteiger partial charge in [0.25, 0.3) is 0 Å². The monoisotopic (exact) mass is 504 g/mol. The van der Waals surface area contributed by atoms with Crippen molar-refractivity contribution in [3.05, 3.63) is 59.8 Å². The molecular weight excluding hydrogens is 476 g/mol. The minimum absolute atomic E-state index is 0. The van der Waals surface area contributed by atoms with Crippen LogP contribution in [0.2, 0.25) is 0 Å². The second-order valence-corrected chi connectivity index (χ2v) is 9.85. The van der Waals surface area contributed by atoms with E-state index in [1.807, 2.05) is 37.4 Å². The zero-order chi connectivity index (χ0) is 24.0. The molecule has 1 saturated carbocycles. The lowest BCUT2D eigenvalue weighted by Crippen LogP contribution is -2.46. The summed E-state index contributed by atoms with van der Waals surface area (Å²) in [5, 5.41) is 26.6. The molecule has 2 aliphatic rings. The number of nitrogens with one attached hydrogen (secondary N) is 1. The van der Waals surface area contributed by atoms with Crippen LogP contribution in [-0.4, -0.2) is 42.7 Å². The first-order valence-corrected chi connectivity index (χ1v) is 12.2. The van der Waals surface area contributed by atoms with Crippen molar-refractivity contribution in [1.82, 2.24) is 34.9 Å². The van der Waals surface area contributed by atoms with Crippen LogP contribution in [0.5, 0.6) is 5.75 Å². The summed E-state index contributed by atoms with van der Waals surface area (Å²) >= 11 is 0. The van der Waals surface area contributed by atoms with Gasteiger partial charge >= 0.3 is 0 Å². The van der Waals surface area contributed by atoms with Crippen LogP contribution in [0.4, 0.5) is 0 Å². The Balaban J connectivity index is 0.00000267. The van der Waals surface area contributed by atoms with Crippen LogP contribution >= 0.6 is 12.4 Å². The van der Waals surface area contributed by atoms with E-state index in [1.165, 1.54) is 12.8 Å². The Morgan fingerprint density at radius 3 is 2.78 bits per heavy atom. The van der Waals surface area contributed by atoms with Crippen molar-refractivity contribution in [2.45, 2.75) is 51.7 Å². The van der Waals surface area contributed by atoms with Gasteiger partial charge in [-0.3, -0.25) is 4.98 Å². The van der Waals surface area contributed by atoms with Crippen molar-refractivity contribution in [2.75, 3.05) is 13.1 Å². The Hall–Kier alpha value is -3.48. The topological polar surface area (TPSA) is 106 Å². The molecule has 1 N–H and O–H groups in total. The largest absolute Gasteiger partial charge is 0.482 e. The molecule has 4 aromatic heterocycles. The summed E-state index contributed by atoms with van der Waals surface area (Å²) < 4.78 is 10.1. The highest BCUT2D eigenvalue weighted by Gasteiger charge is 2.46. The first-order chi connectivity index (χ1) is 17.1. The van der Waals surface area contributed by atoms with Crippen LogP contribution < -0.4 is 10.1 Å². The Kier molecular flexibility index (Phi) is 6.41. The molecule has 36 heavy (non-hydrogen) atoms. The van der Waals surface area contributed by atoms with Gasteiger partial charge in [-0.1, -0.05) is 11.3 Å². The highest BCUT2D eigenvalue weighted by Crippen LogP contribution is 2.54. The predicted molar refractivity (Wildman–Crippen MR) is 137 cm³/mol. The van der Waals surface area contributed by atoms with Crippen LogP contribution in [0.3, 0.4) is 0 Å². The molecule has 0 bridgehead atoms. The summed E-state index contributed by atoms with van der Waals surface area (Å²) in [7, 11) is 0. The molecular formula is C26H29ClN8O. The zero-order valence-corrected chi connectivity index (χ0v) is 21.2. The molecule has 1 aliphatic carbocycles. The van der Waals surface area contributed by atoms with Crippen LogP contribution in [-0.2, 0) is 0 Å². The maximum atomic E-state index is 9.63. The fourth-order valence-electron chi connectivity index (χ4n) is 5.69. The standard InChI is InChI=1S/C26H28N8O.ClH/c1-17-24(31-32-34(17)21-12-26(13-21)6-9-28-10-7-26)19-11-23(25-20(14-27)15-30-33(25)16-19)35-18(2)22-5-3-4-8-29-22;/h3-5,8,11,15-16,18,21,28H,6-7,9-10,12-13H2,1-2H3;1H/t18-;/m1./s1. The molecule has 186 valence electrons. The van der Waals surface area contributed by atoms with Crippen molar-refractivity contribution in [3.63, 3.8) is 0 Å². The molecule has 0 radical (unpaired) electrons. The van der Waals surface area contributed by atoms with Crippen LogP contribution in [0.15, 0.2) is 42.9 Å². The van der Waals surface area contributed by atoms with E-state index in [1.54, 1.807) is 16.9 Å². The second-order valence-electron chi connectivity index (χ2n) is 9.85. The van der Waals surface area contributed by atoms with Gasteiger partial charge in [-0.2, -0.15) is 10.4 Å². The Morgan fingerprint density at radius 1 is 1.25 bits per heavy atom. The highest BCUT2D eigenvalue weighted by atomic mass is 35.5. The lowest BCUT2D eigenvalue weighted by Gasteiger charge is -2.50. The highest BCUT2D eigenvalue weighted by molar-refractivity contribution is 5.85. The molecule has 1 aliphatic heterocycles. The average molecular weight is 505 g/mol. The zero-order valence-electron chi connectivity index (χ0n) is 20.4. The van der Waals surface area contributed by atoms with Crippen molar-refractivity contribution in [2.24, 2.45) is 5.41 Å². The van der Waals surface area contributed by atoms with Crippen LogP contribution in [0.1, 0.15) is 61.7 Å². The maximum absolute atomic E-state index is 9.63. The minimum atomic E-state index is -0.301. The van der Waals surface area contributed by atoms with Gasteiger partial charge in [0, 0.05) is 18.0 Å². The van der Waals surface area contributed by atoms with Crippen molar-refractivity contribution >= 4 is 17.9 Å². The number of ether oxygens (including phenoxy) is 1. The molecule has 5 heterocycles. The van der Waals surface area contributed by atoms with Crippen molar-refractivity contribution < 1.29 is 4.74 Å². The van der Waals surface area contributed by atoms with Crippen LogP contribution in [0.25, 0.3) is 16.8 Å². The van der Waals surface area contributed by atoms with E-state index in [2.05, 4.69) is 43.4 Å². The first kappa shape index (κ1) is 24.2. The molecule has 4 aromatic rings. The molecule has 0 unspecified atom stereocenters. The number of piperidine rings is 1. The number of pyridine rings is 2. The third-order valence-electron chi connectivity index (χ3n) is 7.65. The van der Waals surface area contributed by atoms with E-state index in [0.717, 1.165) is 48.6 Å². The Morgan fingerprint density at radius 2 is 2.06 bits per heavy atom. The molecule has 9 nitrogen and oxygen atoms in total. The van der Waals surface area contributed by atoms with E-state index < -0.39 is 0 Å². The van der Waals surface area contributed by atoms with Crippen molar-refractivity contribution in [3.8, 4) is 23.1 Å². The van der Waals surface area contributed by atoms with Gasteiger partial charge in [-0.15, -0.1) is 17.5 Å². The first-order valence-electron chi connectivity index (χ1n) is 12.2. The fraction of sp³-hybridized carbons (Fsp3) is 0.423. The number of fused-ring (bicyclic) bond motifs is 1. The van der Waals surface area contributed by atoms with Gasteiger partial charge in [0.15, 0.2) is 0 Å². The molecule has 10 heteroatoms. The summed E-state index contributed by atoms with van der Waals surface area (Å²) in [5.74, 6) is 0.570. The number of nitriles is 1. The SMILES string of the molecule is Cc1c(-c2cc(O[C@H](C)c3ccccn3)c3c(C#N)cnn3c2)nnn1C1CC2(CCNCC2)C1.Cl. The van der Waals surface area contributed by atoms with Gasteiger partial charge in [0.2, 0.25) is 0 Å². The van der Waals surface area contributed by atoms with Gasteiger partial charge in [0.1, 0.15) is 34.7 Å². The smallest absolute Gasteiger partial charge is 0.148 e. The molecule has 6 rings (SSSR count). The quantitative estimate of drug-likeness (QED) is 0.428. The summed E-state index contributed by atoms with van der Waals surface area (Å²) in [5.41, 5.74) is 5.08. The molecule has 1 saturated heterocycles.